The lowest BCUT2D eigenvalue weighted by atomic mass is 10.1. The molecule has 6 nitrogen and oxygen atoms in total. The first-order valence-electron chi connectivity index (χ1n) is 5.30. The van der Waals surface area contributed by atoms with Crippen molar-refractivity contribution in [2.75, 3.05) is 5.75 Å². The molecule has 0 amide bonds. The SMILES string of the molecule is O=S(=O)([O-])CC[n+]1ccc(-c2cc[nH+]cc2)cn1. The van der Waals surface area contributed by atoms with Crippen molar-refractivity contribution < 1.29 is 22.6 Å². The van der Waals surface area contributed by atoms with E-state index in [1.807, 2.05) is 18.2 Å². The molecule has 2 rings (SSSR count). The zero-order valence-electron chi connectivity index (χ0n) is 9.48. The van der Waals surface area contributed by atoms with Crippen LogP contribution < -0.4 is 9.67 Å². The topological polar surface area (TPSA) is 88.1 Å². The predicted molar refractivity (Wildman–Crippen MR) is 61.0 cm³/mol. The maximum Gasteiger partial charge on any atom is 0.196 e. The summed E-state index contributed by atoms with van der Waals surface area (Å²) in [6.45, 7) is 0.0642. The van der Waals surface area contributed by atoms with Gasteiger partial charge in [-0.2, -0.15) is 0 Å². The first-order chi connectivity index (χ1) is 8.54. The van der Waals surface area contributed by atoms with E-state index in [4.69, 9.17) is 0 Å². The van der Waals surface area contributed by atoms with Crippen LogP contribution in [-0.2, 0) is 16.7 Å². The molecular weight excluding hydrogens is 254 g/mol. The Hall–Kier alpha value is -1.86. The second-order valence-electron chi connectivity index (χ2n) is 3.73. The third kappa shape index (κ3) is 3.57. The highest BCUT2D eigenvalue weighted by Crippen LogP contribution is 2.13. The first-order valence-corrected chi connectivity index (χ1v) is 6.88. The van der Waals surface area contributed by atoms with Gasteiger partial charge in [0.2, 0.25) is 0 Å². The van der Waals surface area contributed by atoms with Gasteiger partial charge in [0.1, 0.15) is 16.3 Å². The lowest BCUT2D eigenvalue weighted by Gasteiger charge is -2.02. The predicted octanol–water partition coefficient (Wildman–Crippen LogP) is -0.605. The van der Waals surface area contributed by atoms with Crippen LogP contribution in [0, 0.1) is 0 Å². The molecule has 0 bridgehead atoms. The smallest absolute Gasteiger partial charge is 0.196 e. The van der Waals surface area contributed by atoms with Crippen LogP contribution in [0.4, 0.5) is 0 Å². The van der Waals surface area contributed by atoms with E-state index in [9.17, 15) is 13.0 Å². The average molecular weight is 266 g/mol. The van der Waals surface area contributed by atoms with Gasteiger partial charge in [-0.05, 0) is 10.7 Å². The minimum atomic E-state index is -4.20. The van der Waals surface area contributed by atoms with E-state index in [1.54, 1.807) is 24.8 Å². The molecule has 0 aliphatic heterocycles. The Morgan fingerprint density at radius 3 is 2.50 bits per heavy atom. The maximum absolute atomic E-state index is 10.5. The van der Waals surface area contributed by atoms with Crippen molar-refractivity contribution in [1.82, 2.24) is 5.10 Å². The molecule has 2 aromatic rings. The molecule has 2 heterocycles. The lowest BCUT2D eigenvalue weighted by Crippen LogP contribution is -2.40. The van der Waals surface area contributed by atoms with Crippen molar-refractivity contribution in [2.45, 2.75) is 6.54 Å². The van der Waals surface area contributed by atoms with E-state index in [1.165, 1.54) is 4.68 Å². The Balaban J connectivity index is 2.11. The number of nitrogens with zero attached hydrogens (tertiary/aromatic N) is 2. The Kier molecular flexibility index (Phi) is 3.63. The van der Waals surface area contributed by atoms with Crippen molar-refractivity contribution >= 4 is 10.1 Å². The van der Waals surface area contributed by atoms with Crippen LogP contribution in [0.15, 0.2) is 43.0 Å². The second kappa shape index (κ2) is 5.19. The molecule has 18 heavy (non-hydrogen) atoms. The van der Waals surface area contributed by atoms with Gasteiger partial charge < -0.3 is 4.55 Å². The fourth-order valence-corrected chi connectivity index (χ4v) is 1.88. The molecule has 0 aliphatic rings. The van der Waals surface area contributed by atoms with E-state index in [0.29, 0.717) is 0 Å². The van der Waals surface area contributed by atoms with Crippen LogP contribution in [0.1, 0.15) is 0 Å². The van der Waals surface area contributed by atoms with Crippen LogP contribution in [-0.4, -0.2) is 23.8 Å². The van der Waals surface area contributed by atoms with Crippen molar-refractivity contribution in [2.24, 2.45) is 0 Å². The molecular formula is C11H12N3O3S+. The zero-order chi connectivity index (χ0) is 13.0. The number of aromatic amines is 1. The molecule has 0 aromatic carbocycles. The van der Waals surface area contributed by atoms with Crippen LogP contribution in [0.25, 0.3) is 11.1 Å². The quantitative estimate of drug-likeness (QED) is 0.546. The normalized spacial score (nSPS) is 11.4. The number of H-pyrrole nitrogens is 1. The number of pyridine rings is 1. The number of aromatic nitrogens is 3. The highest BCUT2D eigenvalue weighted by molar-refractivity contribution is 7.85. The summed E-state index contributed by atoms with van der Waals surface area (Å²) in [5.74, 6) is -0.454. The van der Waals surface area contributed by atoms with Crippen molar-refractivity contribution in [1.29, 1.82) is 0 Å². The monoisotopic (exact) mass is 266 g/mol. The fraction of sp³-hybridized carbons (Fsp3) is 0.182. The van der Waals surface area contributed by atoms with Gasteiger partial charge in [-0.3, -0.25) is 0 Å². The molecule has 0 saturated carbocycles. The molecule has 2 aromatic heterocycles. The molecule has 0 unspecified atom stereocenters. The average Bonchev–Trinajstić information content (AvgIpc) is 2.37. The van der Waals surface area contributed by atoms with Gasteiger partial charge in [-0.25, -0.2) is 13.4 Å². The highest BCUT2D eigenvalue weighted by atomic mass is 32.2. The highest BCUT2D eigenvalue weighted by Gasteiger charge is 2.07. The van der Waals surface area contributed by atoms with Crippen molar-refractivity contribution in [3.05, 3.63) is 43.0 Å². The van der Waals surface area contributed by atoms with Crippen molar-refractivity contribution in [3.63, 3.8) is 0 Å². The fourth-order valence-electron chi connectivity index (χ4n) is 1.47. The summed E-state index contributed by atoms with van der Waals surface area (Å²) in [4.78, 5) is 2.92. The van der Waals surface area contributed by atoms with Gasteiger partial charge in [0.05, 0.1) is 5.75 Å². The van der Waals surface area contributed by atoms with Crippen LogP contribution in [0.2, 0.25) is 0 Å². The van der Waals surface area contributed by atoms with Crippen LogP contribution >= 0.6 is 0 Å². The molecule has 0 radical (unpaired) electrons. The summed E-state index contributed by atoms with van der Waals surface area (Å²) in [5, 5.41) is 4.06. The third-order valence-corrected chi connectivity index (χ3v) is 3.08. The van der Waals surface area contributed by atoms with E-state index >= 15 is 0 Å². The zero-order valence-corrected chi connectivity index (χ0v) is 10.3. The minimum absolute atomic E-state index is 0.0642. The molecule has 0 aliphatic carbocycles. The van der Waals surface area contributed by atoms with Gasteiger partial charge in [-0.1, -0.05) is 4.68 Å². The summed E-state index contributed by atoms with van der Waals surface area (Å²) in [6.07, 6.45) is 6.89. The number of rotatable bonds is 4. The summed E-state index contributed by atoms with van der Waals surface area (Å²) < 4.78 is 32.9. The molecule has 0 saturated heterocycles. The number of hydrogen-bond acceptors (Lipinski definition) is 4. The Labute approximate surface area is 105 Å². The Morgan fingerprint density at radius 1 is 1.22 bits per heavy atom. The molecule has 0 fully saturated rings. The van der Waals surface area contributed by atoms with E-state index in [2.05, 4.69) is 10.1 Å². The molecule has 1 N–H and O–H groups in total. The van der Waals surface area contributed by atoms with Gasteiger partial charge in [0, 0.05) is 23.8 Å². The Bertz CT molecular complexity index is 612. The first kappa shape index (κ1) is 12.6. The van der Waals surface area contributed by atoms with Gasteiger partial charge in [0.25, 0.3) is 0 Å². The lowest BCUT2D eigenvalue weighted by molar-refractivity contribution is -0.750. The van der Waals surface area contributed by atoms with E-state index < -0.39 is 15.9 Å². The summed E-state index contributed by atoms with van der Waals surface area (Å²) in [6, 6.07) is 5.63. The third-order valence-electron chi connectivity index (χ3n) is 2.39. The maximum atomic E-state index is 10.5. The molecule has 7 heteroatoms. The van der Waals surface area contributed by atoms with Crippen molar-refractivity contribution in [3.8, 4) is 11.1 Å². The number of hydrogen-bond donors (Lipinski definition) is 0. The van der Waals surface area contributed by atoms with Gasteiger partial charge in [-0.15, -0.1) is 0 Å². The second-order valence-corrected chi connectivity index (χ2v) is 5.25. The standard InChI is InChI=1S/C11H11N3O3S/c15-18(16,17)8-7-14-6-3-11(9-13-14)10-1-4-12-5-2-10/h1-6,9H,7-8H2/p+1. The number of nitrogens with one attached hydrogen (secondary N) is 1. The Morgan fingerprint density at radius 2 is 1.94 bits per heavy atom. The summed E-state index contributed by atoms with van der Waals surface area (Å²) >= 11 is 0. The van der Waals surface area contributed by atoms with E-state index in [-0.39, 0.29) is 6.54 Å². The van der Waals surface area contributed by atoms with E-state index in [0.717, 1.165) is 11.1 Å². The summed E-state index contributed by atoms with van der Waals surface area (Å²) in [7, 11) is -4.20. The molecule has 94 valence electrons. The van der Waals surface area contributed by atoms with Crippen LogP contribution in [0.5, 0.6) is 0 Å². The minimum Gasteiger partial charge on any atom is -0.748 e. The van der Waals surface area contributed by atoms with Crippen LogP contribution in [0.3, 0.4) is 0 Å². The largest absolute Gasteiger partial charge is 0.748 e. The molecule has 0 atom stereocenters. The molecule has 0 spiro atoms. The van der Waals surface area contributed by atoms with Gasteiger partial charge >= 0.3 is 0 Å². The summed E-state index contributed by atoms with van der Waals surface area (Å²) in [5.41, 5.74) is 1.93. The van der Waals surface area contributed by atoms with Gasteiger partial charge in [0.15, 0.2) is 25.1 Å². The number of aryl methyl sites for hydroxylation is 1.